The Bertz CT molecular complexity index is 563. The third-order valence-electron chi connectivity index (χ3n) is 4.63. The van der Waals surface area contributed by atoms with Crippen LogP contribution >= 0.6 is 0 Å². The average Bonchev–Trinajstić information content (AvgIpc) is 2.95. The van der Waals surface area contributed by atoms with Gasteiger partial charge in [0.2, 0.25) is 5.91 Å². The molecule has 0 aliphatic heterocycles. The lowest BCUT2D eigenvalue weighted by Crippen LogP contribution is -2.40. The number of aromatic carboxylic acids is 1. The lowest BCUT2D eigenvalue weighted by atomic mass is 9.82. The predicted octanol–water partition coefficient (Wildman–Crippen LogP) is 2.90. The third kappa shape index (κ3) is 2.73. The van der Waals surface area contributed by atoms with Crippen molar-refractivity contribution in [2.75, 3.05) is 17.7 Å². The summed E-state index contributed by atoms with van der Waals surface area (Å²) in [6, 6.07) is 4.48. The fourth-order valence-electron chi connectivity index (χ4n) is 3.23. The highest BCUT2D eigenvalue weighted by Crippen LogP contribution is 2.43. The van der Waals surface area contributed by atoms with Crippen LogP contribution in [-0.4, -0.2) is 24.0 Å². The van der Waals surface area contributed by atoms with Gasteiger partial charge in [0, 0.05) is 12.5 Å². The van der Waals surface area contributed by atoms with Gasteiger partial charge in [-0.1, -0.05) is 19.8 Å². The van der Waals surface area contributed by atoms with Gasteiger partial charge in [-0.2, -0.15) is 0 Å². The summed E-state index contributed by atoms with van der Waals surface area (Å²) in [5.41, 5.74) is 6.66. The molecule has 114 valence electrons. The van der Waals surface area contributed by atoms with Gasteiger partial charge in [0.05, 0.1) is 16.9 Å². The number of anilines is 2. The Kier molecular flexibility index (Phi) is 4.21. The molecule has 1 aromatic rings. The molecule has 1 fully saturated rings. The Balaban J connectivity index is 2.29. The van der Waals surface area contributed by atoms with E-state index < -0.39 is 5.97 Å². The van der Waals surface area contributed by atoms with Gasteiger partial charge in [0.15, 0.2) is 0 Å². The van der Waals surface area contributed by atoms with E-state index >= 15 is 0 Å². The summed E-state index contributed by atoms with van der Waals surface area (Å²) in [6.07, 6.45) is 4.82. The largest absolute Gasteiger partial charge is 0.478 e. The zero-order valence-electron chi connectivity index (χ0n) is 12.6. The van der Waals surface area contributed by atoms with E-state index in [1.54, 1.807) is 18.0 Å². The molecule has 0 heterocycles. The quantitative estimate of drug-likeness (QED) is 0.835. The van der Waals surface area contributed by atoms with E-state index in [0.29, 0.717) is 11.4 Å². The van der Waals surface area contributed by atoms with E-state index in [9.17, 15) is 9.59 Å². The Labute approximate surface area is 124 Å². The summed E-state index contributed by atoms with van der Waals surface area (Å²) in [5.74, 6) is -0.944. The molecule has 21 heavy (non-hydrogen) atoms. The number of benzene rings is 1. The molecule has 5 nitrogen and oxygen atoms in total. The van der Waals surface area contributed by atoms with Crippen LogP contribution in [0.15, 0.2) is 18.2 Å². The van der Waals surface area contributed by atoms with Crippen molar-refractivity contribution in [3.63, 3.8) is 0 Å². The molecule has 0 atom stereocenters. The molecule has 2 rings (SSSR count). The second-order valence-electron chi connectivity index (χ2n) is 5.78. The maximum Gasteiger partial charge on any atom is 0.335 e. The smallest absolute Gasteiger partial charge is 0.335 e. The number of rotatable bonds is 4. The van der Waals surface area contributed by atoms with Crippen LogP contribution in [0.2, 0.25) is 0 Å². The molecule has 1 saturated carbocycles. The lowest BCUT2D eigenvalue weighted by Gasteiger charge is -2.32. The van der Waals surface area contributed by atoms with Crippen LogP contribution in [0.1, 0.15) is 49.4 Å². The molecule has 1 aliphatic carbocycles. The van der Waals surface area contributed by atoms with E-state index in [-0.39, 0.29) is 16.9 Å². The van der Waals surface area contributed by atoms with Gasteiger partial charge in [-0.05, 0) is 37.5 Å². The van der Waals surface area contributed by atoms with E-state index in [2.05, 4.69) is 0 Å². The average molecular weight is 290 g/mol. The number of carboxylic acid groups (broad SMARTS) is 1. The van der Waals surface area contributed by atoms with Crippen LogP contribution in [0, 0.1) is 5.41 Å². The number of nitrogen functional groups attached to an aromatic ring is 1. The molecule has 0 unspecified atom stereocenters. The van der Waals surface area contributed by atoms with Crippen LogP contribution in [0.25, 0.3) is 0 Å². The monoisotopic (exact) mass is 290 g/mol. The van der Waals surface area contributed by atoms with Crippen LogP contribution in [0.4, 0.5) is 11.4 Å². The molecule has 1 aliphatic rings. The van der Waals surface area contributed by atoms with Crippen molar-refractivity contribution in [2.24, 2.45) is 5.41 Å². The first-order chi connectivity index (χ1) is 9.91. The number of hydrogen-bond donors (Lipinski definition) is 2. The highest BCUT2D eigenvalue weighted by Gasteiger charge is 2.41. The summed E-state index contributed by atoms with van der Waals surface area (Å²) in [4.78, 5) is 25.3. The van der Waals surface area contributed by atoms with Gasteiger partial charge >= 0.3 is 5.97 Å². The number of hydrogen-bond acceptors (Lipinski definition) is 3. The van der Waals surface area contributed by atoms with Crippen molar-refractivity contribution in [3.8, 4) is 0 Å². The molecule has 0 spiro atoms. The highest BCUT2D eigenvalue weighted by atomic mass is 16.4. The van der Waals surface area contributed by atoms with Crippen LogP contribution in [-0.2, 0) is 4.79 Å². The SMILES string of the molecule is CCC1(C(=O)N(C)c2ccc(C(=O)O)cc2N)CCCC1. The normalized spacial score (nSPS) is 16.7. The van der Waals surface area contributed by atoms with Gasteiger partial charge in [0.25, 0.3) is 0 Å². The van der Waals surface area contributed by atoms with E-state index in [0.717, 1.165) is 32.1 Å². The minimum Gasteiger partial charge on any atom is -0.478 e. The molecule has 0 aromatic heterocycles. The molecular weight excluding hydrogens is 268 g/mol. The van der Waals surface area contributed by atoms with Gasteiger partial charge in [0.1, 0.15) is 0 Å². The minimum absolute atomic E-state index is 0.0808. The van der Waals surface area contributed by atoms with Gasteiger partial charge in [-0.25, -0.2) is 4.79 Å². The zero-order chi connectivity index (χ0) is 15.6. The summed E-state index contributed by atoms with van der Waals surface area (Å²) in [7, 11) is 1.71. The second-order valence-corrected chi connectivity index (χ2v) is 5.78. The fraction of sp³-hybridized carbons (Fsp3) is 0.500. The Morgan fingerprint density at radius 1 is 1.33 bits per heavy atom. The zero-order valence-corrected chi connectivity index (χ0v) is 12.6. The Morgan fingerprint density at radius 2 is 1.95 bits per heavy atom. The predicted molar refractivity (Wildman–Crippen MR) is 82.4 cm³/mol. The number of amides is 1. The minimum atomic E-state index is -1.02. The first kappa shape index (κ1) is 15.4. The van der Waals surface area contributed by atoms with Crippen LogP contribution in [0.5, 0.6) is 0 Å². The second kappa shape index (κ2) is 5.76. The summed E-state index contributed by atoms with van der Waals surface area (Å²) in [6.45, 7) is 2.05. The van der Waals surface area contributed by atoms with E-state index in [1.807, 2.05) is 6.92 Å². The van der Waals surface area contributed by atoms with E-state index in [1.165, 1.54) is 12.1 Å². The topological polar surface area (TPSA) is 83.6 Å². The maximum atomic E-state index is 12.8. The Morgan fingerprint density at radius 3 is 2.43 bits per heavy atom. The maximum absolute atomic E-state index is 12.8. The molecule has 1 aromatic carbocycles. The first-order valence-corrected chi connectivity index (χ1v) is 7.32. The van der Waals surface area contributed by atoms with Crippen LogP contribution < -0.4 is 10.6 Å². The molecule has 0 radical (unpaired) electrons. The van der Waals surface area contributed by atoms with Crippen molar-refractivity contribution >= 4 is 23.3 Å². The molecule has 5 heteroatoms. The number of carbonyl (C=O) groups excluding carboxylic acids is 1. The van der Waals surface area contributed by atoms with Crippen molar-refractivity contribution in [2.45, 2.75) is 39.0 Å². The number of nitrogens with zero attached hydrogens (tertiary/aromatic N) is 1. The van der Waals surface area contributed by atoms with Crippen molar-refractivity contribution in [1.29, 1.82) is 0 Å². The van der Waals surface area contributed by atoms with Crippen molar-refractivity contribution in [3.05, 3.63) is 23.8 Å². The molecule has 0 bridgehead atoms. The molecule has 3 N–H and O–H groups in total. The summed E-state index contributed by atoms with van der Waals surface area (Å²) < 4.78 is 0. The third-order valence-corrected chi connectivity index (χ3v) is 4.63. The Hall–Kier alpha value is -2.04. The molecular formula is C16H22N2O3. The van der Waals surface area contributed by atoms with Gasteiger partial charge in [-0.3, -0.25) is 4.79 Å². The first-order valence-electron chi connectivity index (χ1n) is 7.32. The van der Waals surface area contributed by atoms with Crippen LogP contribution in [0.3, 0.4) is 0 Å². The highest BCUT2D eigenvalue weighted by molar-refractivity contribution is 6.00. The number of carbonyl (C=O) groups is 2. The summed E-state index contributed by atoms with van der Waals surface area (Å²) >= 11 is 0. The van der Waals surface area contributed by atoms with Gasteiger partial charge < -0.3 is 15.7 Å². The van der Waals surface area contributed by atoms with Crippen molar-refractivity contribution in [1.82, 2.24) is 0 Å². The standard InChI is InChI=1S/C16H22N2O3/c1-3-16(8-4-5-9-16)15(21)18(2)13-7-6-11(14(19)20)10-12(13)17/h6-7,10H,3-5,8-9,17H2,1-2H3,(H,19,20). The van der Waals surface area contributed by atoms with Crippen molar-refractivity contribution < 1.29 is 14.7 Å². The fourth-order valence-corrected chi connectivity index (χ4v) is 3.23. The molecule has 0 saturated heterocycles. The van der Waals surface area contributed by atoms with E-state index in [4.69, 9.17) is 10.8 Å². The summed E-state index contributed by atoms with van der Waals surface area (Å²) in [5, 5.41) is 8.96. The number of carboxylic acids is 1. The lowest BCUT2D eigenvalue weighted by molar-refractivity contribution is -0.127. The number of nitrogens with two attached hydrogens (primary N) is 1. The molecule has 1 amide bonds. The van der Waals surface area contributed by atoms with Gasteiger partial charge in [-0.15, -0.1) is 0 Å².